The van der Waals surface area contributed by atoms with E-state index in [2.05, 4.69) is 5.32 Å². The lowest BCUT2D eigenvalue weighted by atomic mass is 9.92. The van der Waals surface area contributed by atoms with Crippen LogP contribution >= 0.6 is 0 Å². The average Bonchev–Trinajstić information content (AvgIpc) is 3.33. The van der Waals surface area contributed by atoms with E-state index in [-0.39, 0.29) is 18.7 Å². The predicted molar refractivity (Wildman–Crippen MR) is 118 cm³/mol. The van der Waals surface area contributed by atoms with Crippen LogP contribution in [0.5, 0.6) is 11.5 Å². The SMILES string of the molecule is CC(C)(C)OC(=O)N[C@@H](Cc1ccccc1)[C@@H]1C[C@@H](Cc2ccc3c(c2)OCO3)C(=O)O1. The van der Waals surface area contributed by atoms with Crippen molar-refractivity contribution in [3.05, 3.63) is 59.7 Å². The first-order chi connectivity index (χ1) is 15.3. The molecule has 1 amide bonds. The maximum atomic E-state index is 12.7. The quantitative estimate of drug-likeness (QED) is 0.685. The van der Waals surface area contributed by atoms with Crippen LogP contribution in [0.2, 0.25) is 0 Å². The fourth-order valence-electron chi connectivity index (χ4n) is 4.04. The Kier molecular flexibility index (Phi) is 6.26. The number of hydrogen-bond donors (Lipinski definition) is 1. The van der Waals surface area contributed by atoms with Crippen molar-refractivity contribution in [2.45, 2.75) is 57.8 Å². The highest BCUT2D eigenvalue weighted by Gasteiger charge is 2.40. The van der Waals surface area contributed by atoms with Gasteiger partial charge in [0.2, 0.25) is 6.79 Å². The molecule has 2 aliphatic heterocycles. The normalized spacial score (nSPS) is 20.5. The Morgan fingerprint density at radius 3 is 2.59 bits per heavy atom. The average molecular weight is 440 g/mol. The van der Waals surface area contributed by atoms with Gasteiger partial charge in [-0.05, 0) is 56.9 Å². The van der Waals surface area contributed by atoms with E-state index in [0.717, 1.165) is 11.1 Å². The van der Waals surface area contributed by atoms with Crippen LogP contribution in [0, 0.1) is 5.92 Å². The molecule has 0 radical (unpaired) electrons. The molecule has 1 saturated heterocycles. The van der Waals surface area contributed by atoms with Crippen LogP contribution in [-0.2, 0) is 27.1 Å². The summed E-state index contributed by atoms with van der Waals surface area (Å²) in [6.07, 6.45) is 0.633. The largest absolute Gasteiger partial charge is 0.460 e. The molecular formula is C25H29NO6. The molecule has 0 unspecified atom stereocenters. The number of alkyl carbamates (subject to hydrolysis) is 1. The molecule has 0 saturated carbocycles. The van der Waals surface area contributed by atoms with Gasteiger partial charge in [0.1, 0.15) is 11.7 Å². The fraction of sp³-hybridized carbons (Fsp3) is 0.440. The van der Waals surface area contributed by atoms with Gasteiger partial charge in [0.25, 0.3) is 0 Å². The van der Waals surface area contributed by atoms with Crippen LogP contribution in [0.3, 0.4) is 0 Å². The van der Waals surface area contributed by atoms with Gasteiger partial charge < -0.3 is 24.3 Å². The van der Waals surface area contributed by atoms with Gasteiger partial charge in [-0.1, -0.05) is 36.4 Å². The number of hydrogen-bond acceptors (Lipinski definition) is 6. The van der Waals surface area contributed by atoms with E-state index in [4.69, 9.17) is 18.9 Å². The van der Waals surface area contributed by atoms with Crippen molar-refractivity contribution in [2.75, 3.05) is 6.79 Å². The van der Waals surface area contributed by atoms with Crippen LogP contribution in [-0.4, -0.2) is 36.6 Å². The summed E-state index contributed by atoms with van der Waals surface area (Å²) in [5.74, 6) is 0.861. The highest BCUT2D eigenvalue weighted by molar-refractivity contribution is 5.75. The zero-order chi connectivity index (χ0) is 22.7. The first-order valence-electron chi connectivity index (χ1n) is 10.9. The number of carbonyl (C=O) groups excluding carboxylic acids is 2. The molecule has 2 aromatic rings. The number of fused-ring (bicyclic) bond motifs is 1. The second-order valence-electron chi connectivity index (χ2n) is 9.24. The number of esters is 1. The predicted octanol–water partition coefficient (Wildman–Crippen LogP) is 4.03. The first kappa shape index (κ1) is 22.0. The standard InChI is InChI=1S/C25H29NO6/c1-25(2,3)32-24(28)26-19(12-16-7-5-4-6-8-16)21-14-18(23(27)31-21)11-17-9-10-20-22(13-17)30-15-29-20/h4-10,13,18-19,21H,11-12,14-15H2,1-3H3,(H,26,28)/t18-,19+,21+/m1/s1. The third-order valence-electron chi connectivity index (χ3n) is 5.49. The maximum Gasteiger partial charge on any atom is 0.408 e. The molecule has 2 heterocycles. The lowest BCUT2D eigenvalue weighted by molar-refractivity contribution is -0.145. The van der Waals surface area contributed by atoms with E-state index in [1.165, 1.54) is 0 Å². The van der Waals surface area contributed by atoms with Gasteiger partial charge in [0.05, 0.1) is 12.0 Å². The number of benzene rings is 2. The van der Waals surface area contributed by atoms with Crippen molar-refractivity contribution >= 4 is 12.1 Å². The summed E-state index contributed by atoms with van der Waals surface area (Å²) in [6.45, 7) is 5.66. The lowest BCUT2D eigenvalue weighted by Gasteiger charge is -2.26. The zero-order valence-corrected chi connectivity index (χ0v) is 18.6. The first-order valence-corrected chi connectivity index (χ1v) is 10.9. The highest BCUT2D eigenvalue weighted by atomic mass is 16.7. The van der Waals surface area contributed by atoms with E-state index < -0.39 is 23.8 Å². The minimum Gasteiger partial charge on any atom is -0.460 e. The number of nitrogens with one attached hydrogen (secondary N) is 1. The molecule has 2 aliphatic rings. The van der Waals surface area contributed by atoms with E-state index in [1.54, 1.807) is 0 Å². The monoisotopic (exact) mass is 439 g/mol. The maximum absolute atomic E-state index is 12.7. The third-order valence-corrected chi connectivity index (χ3v) is 5.49. The van der Waals surface area contributed by atoms with Crippen molar-refractivity contribution in [2.24, 2.45) is 5.92 Å². The third kappa shape index (κ3) is 5.52. The fourth-order valence-corrected chi connectivity index (χ4v) is 4.04. The van der Waals surface area contributed by atoms with E-state index in [1.807, 2.05) is 69.3 Å². The zero-order valence-electron chi connectivity index (χ0n) is 18.6. The minimum atomic E-state index is -0.615. The highest BCUT2D eigenvalue weighted by Crippen LogP contribution is 2.35. The van der Waals surface area contributed by atoms with Crippen molar-refractivity contribution in [3.8, 4) is 11.5 Å². The molecule has 1 fully saturated rings. The summed E-state index contributed by atoms with van der Waals surface area (Å²) in [7, 11) is 0. The van der Waals surface area contributed by atoms with E-state index in [9.17, 15) is 9.59 Å². The molecule has 7 heteroatoms. The van der Waals surface area contributed by atoms with Gasteiger partial charge in [-0.3, -0.25) is 4.79 Å². The van der Waals surface area contributed by atoms with Gasteiger partial charge in [0, 0.05) is 6.42 Å². The Morgan fingerprint density at radius 1 is 1.09 bits per heavy atom. The van der Waals surface area contributed by atoms with Crippen molar-refractivity contribution in [1.82, 2.24) is 5.32 Å². The Hall–Kier alpha value is -3.22. The van der Waals surface area contributed by atoms with Crippen molar-refractivity contribution < 1.29 is 28.5 Å². The Balaban J connectivity index is 1.45. The van der Waals surface area contributed by atoms with Crippen LogP contribution < -0.4 is 14.8 Å². The molecule has 0 spiro atoms. The van der Waals surface area contributed by atoms with E-state index >= 15 is 0 Å². The summed E-state index contributed by atoms with van der Waals surface area (Å²) in [4.78, 5) is 25.2. The number of ether oxygens (including phenoxy) is 4. The Morgan fingerprint density at radius 2 is 1.84 bits per heavy atom. The van der Waals surface area contributed by atoms with Gasteiger partial charge in [0.15, 0.2) is 11.5 Å². The molecule has 0 aliphatic carbocycles. The molecule has 170 valence electrons. The molecule has 32 heavy (non-hydrogen) atoms. The molecule has 3 atom stereocenters. The van der Waals surface area contributed by atoms with Crippen LogP contribution in [0.4, 0.5) is 4.79 Å². The summed E-state index contributed by atoms with van der Waals surface area (Å²) in [5.41, 5.74) is 1.41. The molecule has 2 aromatic carbocycles. The van der Waals surface area contributed by atoms with Crippen molar-refractivity contribution in [1.29, 1.82) is 0 Å². The smallest absolute Gasteiger partial charge is 0.408 e. The second-order valence-corrected chi connectivity index (χ2v) is 9.24. The number of rotatable bonds is 6. The number of amides is 1. The molecular weight excluding hydrogens is 410 g/mol. The van der Waals surface area contributed by atoms with Gasteiger partial charge in [-0.2, -0.15) is 0 Å². The van der Waals surface area contributed by atoms with Crippen molar-refractivity contribution in [3.63, 3.8) is 0 Å². The lowest BCUT2D eigenvalue weighted by Crippen LogP contribution is -2.46. The summed E-state index contributed by atoms with van der Waals surface area (Å²) >= 11 is 0. The van der Waals surface area contributed by atoms with Crippen LogP contribution in [0.25, 0.3) is 0 Å². The molecule has 7 nitrogen and oxygen atoms in total. The van der Waals surface area contributed by atoms with Crippen LogP contribution in [0.1, 0.15) is 38.3 Å². The molecule has 0 bridgehead atoms. The second kappa shape index (κ2) is 9.10. The topological polar surface area (TPSA) is 83.1 Å². The van der Waals surface area contributed by atoms with Gasteiger partial charge >= 0.3 is 12.1 Å². The summed E-state index contributed by atoms with van der Waals surface area (Å²) in [6, 6.07) is 15.1. The Labute approximate surface area is 188 Å². The van der Waals surface area contributed by atoms with Crippen LogP contribution in [0.15, 0.2) is 48.5 Å². The summed E-state index contributed by atoms with van der Waals surface area (Å²) < 4.78 is 22.0. The molecule has 0 aromatic heterocycles. The summed E-state index contributed by atoms with van der Waals surface area (Å²) in [5, 5.41) is 2.93. The number of cyclic esters (lactones) is 1. The van der Waals surface area contributed by atoms with E-state index in [0.29, 0.717) is 30.8 Å². The van der Waals surface area contributed by atoms with Gasteiger partial charge in [-0.15, -0.1) is 0 Å². The molecule has 1 N–H and O–H groups in total. The molecule has 4 rings (SSSR count). The number of carbonyl (C=O) groups is 2. The Bertz CT molecular complexity index is 968. The minimum absolute atomic E-state index is 0.212. The van der Waals surface area contributed by atoms with Gasteiger partial charge in [-0.25, -0.2) is 4.79 Å².